The van der Waals surface area contributed by atoms with E-state index >= 15 is 0 Å². The molecule has 1 atom stereocenters. The van der Waals surface area contributed by atoms with Gasteiger partial charge in [-0.15, -0.1) is 24.0 Å². The predicted molar refractivity (Wildman–Crippen MR) is 137 cm³/mol. The summed E-state index contributed by atoms with van der Waals surface area (Å²) >= 11 is 0. The maximum absolute atomic E-state index is 5.88. The molecule has 0 radical (unpaired) electrons. The van der Waals surface area contributed by atoms with Crippen molar-refractivity contribution in [2.75, 3.05) is 14.2 Å². The Morgan fingerprint density at radius 2 is 2.12 bits per heavy atom. The highest BCUT2D eigenvalue weighted by molar-refractivity contribution is 14.0. The zero-order valence-corrected chi connectivity index (χ0v) is 21.2. The fraction of sp³-hybridized carbons (Fsp3) is 0.391. The molecule has 1 aromatic carbocycles. The molecule has 0 aliphatic carbocycles. The number of aliphatic imine (C=N–C) groups is 1. The van der Waals surface area contributed by atoms with Crippen molar-refractivity contribution in [3.05, 3.63) is 71.6 Å². The van der Waals surface area contributed by atoms with Crippen molar-refractivity contribution in [1.29, 1.82) is 0 Å². The Morgan fingerprint density at radius 3 is 2.91 bits per heavy atom. The molecule has 2 aromatic heterocycles. The van der Waals surface area contributed by atoms with E-state index in [0.29, 0.717) is 19.8 Å². The average molecular weight is 563 g/mol. The highest BCUT2D eigenvalue weighted by Gasteiger charge is 2.22. The minimum atomic E-state index is 0. The summed E-state index contributed by atoms with van der Waals surface area (Å²) in [5.74, 6) is 3.32. The first-order valence-corrected chi connectivity index (χ1v) is 10.7. The van der Waals surface area contributed by atoms with Gasteiger partial charge in [0.1, 0.15) is 24.8 Å². The Balaban J connectivity index is 0.00000306. The number of benzene rings is 1. The van der Waals surface area contributed by atoms with Gasteiger partial charge < -0.3 is 20.1 Å². The average Bonchev–Trinajstić information content (AvgIpc) is 3.23. The van der Waals surface area contributed by atoms with Crippen molar-refractivity contribution in [1.82, 2.24) is 30.4 Å². The lowest BCUT2D eigenvalue weighted by atomic mass is 10.1. The molecule has 33 heavy (non-hydrogen) atoms. The third-order valence-electron chi connectivity index (χ3n) is 5.21. The van der Waals surface area contributed by atoms with Crippen LogP contribution in [0.1, 0.15) is 29.3 Å². The largest absolute Gasteiger partial charge is 0.487 e. The maximum atomic E-state index is 5.88. The van der Waals surface area contributed by atoms with E-state index in [0.717, 1.165) is 54.0 Å². The fourth-order valence-corrected chi connectivity index (χ4v) is 3.63. The van der Waals surface area contributed by atoms with Crippen LogP contribution in [0.2, 0.25) is 0 Å². The van der Waals surface area contributed by atoms with Crippen molar-refractivity contribution in [3.63, 3.8) is 0 Å². The minimum Gasteiger partial charge on any atom is -0.487 e. The molecule has 0 fully saturated rings. The first kappa shape index (κ1) is 24.9. The van der Waals surface area contributed by atoms with Crippen LogP contribution in [0, 0.1) is 0 Å². The summed E-state index contributed by atoms with van der Waals surface area (Å²) in [6, 6.07) is 14.1. The summed E-state index contributed by atoms with van der Waals surface area (Å²) in [7, 11) is 3.44. The summed E-state index contributed by atoms with van der Waals surface area (Å²) in [6.07, 6.45) is 3.62. The summed E-state index contributed by atoms with van der Waals surface area (Å²) in [6.45, 7) is 2.27. The SMILES string of the molecule is CN=C(NCc1cccc(OCc2ccccn2)c1)NC1CCc2nc(COC)nn2C1.I. The van der Waals surface area contributed by atoms with E-state index in [4.69, 9.17) is 9.47 Å². The molecule has 3 heterocycles. The van der Waals surface area contributed by atoms with Gasteiger partial charge in [0.2, 0.25) is 0 Å². The Hall–Kier alpha value is -2.73. The number of hydrogen-bond donors (Lipinski definition) is 2. The molecule has 0 bridgehead atoms. The zero-order chi connectivity index (χ0) is 22.2. The van der Waals surface area contributed by atoms with E-state index in [2.05, 4.69) is 36.8 Å². The third-order valence-corrected chi connectivity index (χ3v) is 5.21. The van der Waals surface area contributed by atoms with E-state index in [1.807, 2.05) is 41.1 Å². The molecule has 2 N–H and O–H groups in total. The standard InChI is InChI=1S/C23H29N7O2.HI/c1-24-23(27-18-9-10-22-28-21(16-31-2)29-30(22)14-18)26-13-17-6-5-8-20(12-17)32-15-19-7-3-4-11-25-19;/h3-8,11-12,18H,9-10,13-16H2,1-2H3,(H2,24,26,27);1H. The molecular weight excluding hydrogens is 533 g/mol. The van der Waals surface area contributed by atoms with Crippen LogP contribution in [0.15, 0.2) is 53.7 Å². The lowest BCUT2D eigenvalue weighted by molar-refractivity contribution is 0.177. The number of nitrogens with one attached hydrogen (secondary N) is 2. The number of pyridine rings is 1. The fourth-order valence-electron chi connectivity index (χ4n) is 3.63. The molecule has 0 amide bonds. The topological polar surface area (TPSA) is 98.5 Å². The Labute approximate surface area is 211 Å². The number of fused-ring (bicyclic) bond motifs is 1. The molecule has 9 nitrogen and oxygen atoms in total. The summed E-state index contributed by atoms with van der Waals surface area (Å²) in [5, 5.41) is 11.4. The van der Waals surface area contributed by atoms with Crippen molar-refractivity contribution < 1.29 is 9.47 Å². The number of rotatable bonds is 8. The molecule has 10 heteroatoms. The number of hydrogen-bond acceptors (Lipinski definition) is 6. The van der Waals surface area contributed by atoms with Gasteiger partial charge in [0.05, 0.1) is 12.2 Å². The van der Waals surface area contributed by atoms with Gasteiger partial charge in [-0.1, -0.05) is 18.2 Å². The van der Waals surface area contributed by atoms with Gasteiger partial charge in [-0.3, -0.25) is 9.98 Å². The normalized spacial score (nSPS) is 15.3. The molecule has 1 aliphatic heterocycles. The Morgan fingerprint density at radius 1 is 1.21 bits per heavy atom. The summed E-state index contributed by atoms with van der Waals surface area (Å²) in [5.41, 5.74) is 2.01. The van der Waals surface area contributed by atoms with Crippen LogP contribution in [0.25, 0.3) is 0 Å². The lowest BCUT2D eigenvalue weighted by Gasteiger charge is -2.25. The second kappa shape index (κ2) is 12.5. The minimum absolute atomic E-state index is 0. The van der Waals surface area contributed by atoms with Crippen LogP contribution in [0.4, 0.5) is 0 Å². The van der Waals surface area contributed by atoms with Crippen molar-refractivity contribution in [2.24, 2.45) is 4.99 Å². The molecule has 3 aromatic rings. The zero-order valence-electron chi connectivity index (χ0n) is 18.9. The van der Waals surface area contributed by atoms with Crippen LogP contribution in [0.5, 0.6) is 5.75 Å². The summed E-state index contributed by atoms with van der Waals surface area (Å²) < 4.78 is 13.0. The molecule has 1 unspecified atom stereocenters. The van der Waals surface area contributed by atoms with E-state index in [9.17, 15) is 0 Å². The number of ether oxygens (including phenoxy) is 2. The maximum Gasteiger partial charge on any atom is 0.191 e. The second-order valence-electron chi connectivity index (χ2n) is 7.62. The van der Waals surface area contributed by atoms with Crippen LogP contribution in [-0.4, -0.2) is 45.9 Å². The van der Waals surface area contributed by atoms with Crippen molar-refractivity contribution in [2.45, 2.75) is 45.2 Å². The number of aromatic nitrogens is 4. The van der Waals surface area contributed by atoms with Gasteiger partial charge in [-0.25, -0.2) is 9.67 Å². The van der Waals surface area contributed by atoms with E-state index in [-0.39, 0.29) is 30.0 Å². The van der Waals surface area contributed by atoms with Crippen LogP contribution in [-0.2, 0) is 37.5 Å². The molecule has 1 aliphatic rings. The van der Waals surface area contributed by atoms with Gasteiger partial charge in [0, 0.05) is 39.4 Å². The predicted octanol–water partition coefficient (Wildman–Crippen LogP) is 2.70. The highest BCUT2D eigenvalue weighted by Crippen LogP contribution is 2.15. The molecule has 4 rings (SSSR count). The van der Waals surface area contributed by atoms with Crippen LogP contribution < -0.4 is 15.4 Å². The van der Waals surface area contributed by atoms with Gasteiger partial charge in [0.15, 0.2) is 11.8 Å². The quantitative estimate of drug-likeness (QED) is 0.247. The Kier molecular flexibility index (Phi) is 9.43. The molecule has 176 valence electrons. The number of aryl methyl sites for hydroxylation is 1. The number of nitrogens with zero attached hydrogens (tertiary/aromatic N) is 5. The van der Waals surface area contributed by atoms with Crippen LogP contribution >= 0.6 is 24.0 Å². The second-order valence-corrected chi connectivity index (χ2v) is 7.62. The number of methoxy groups -OCH3 is 1. The van der Waals surface area contributed by atoms with Gasteiger partial charge in [0.25, 0.3) is 0 Å². The molecule has 0 saturated heterocycles. The van der Waals surface area contributed by atoms with Gasteiger partial charge in [-0.2, -0.15) is 5.10 Å². The Bertz CT molecular complexity index is 1040. The van der Waals surface area contributed by atoms with Crippen molar-refractivity contribution in [3.8, 4) is 5.75 Å². The van der Waals surface area contributed by atoms with Gasteiger partial charge in [-0.05, 0) is 36.2 Å². The summed E-state index contributed by atoms with van der Waals surface area (Å²) in [4.78, 5) is 13.2. The van der Waals surface area contributed by atoms with Gasteiger partial charge >= 0.3 is 0 Å². The van der Waals surface area contributed by atoms with E-state index in [1.165, 1.54) is 0 Å². The number of guanidine groups is 1. The third kappa shape index (κ3) is 7.13. The molecule has 0 spiro atoms. The molecule has 0 saturated carbocycles. The monoisotopic (exact) mass is 563 g/mol. The van der Waals surface area contributed by atoms with E-state index in [1.54, 1.807) is 20.4 Å². The highest BCUT2D eigenvalue weighted by atomic mass is 127. The first-order valence-electron chi connectivity index (χ1n) is 10.7. The number of halogens is 1. The van der Waals surface area contributed by atoms with E-state index < -0.39 is 0 Å². The van der Waals surface area contributed by atoms with Crippen LogP contribution in [0.3, 0.4) is 0 Å². The lowest BCUT2D eigenvalue weighted by Crippen LogP contribution is -2.46. The van der Waals surface area contributed by atoms with Crippen molar-refractivity contribution >= 4 is 29.9 Å². The smallest absolute Gasteiger partial charge is 0.191 e. The molecular formula is C23H30IN7O2. The first-order chi connectivity index (χ1) is 15.7.